The number of nitrogens with one attached hydrogen (secondary N) is 1. The molecule has 0 saturated heterocycles. The molecule has 0 bridgehead atoms. The van der Waals surface area contributed by atoms with Crippen LogP contribution in [0.5, 0.6) is 0 Å². The van der Waals surface area contributed by atoms with Gasteiger partial charge in [0.2, 0.25) is 0 Å². The van der Waals surface area contributed by atoms with Crippen molar-refractivity contribution in [3.8, 4) is 0 Å². The Labute approximate surface area is 90.7 Å². The summed E-state index contributed by atoms with van der Waals surface area (Å²) in [7, 11) is 1.94. The summed E-state index contributed by atoms with van der Waals surface area (Å²) in [6, 6.07) is 8.30. The highest BCUT2D eigenvalue weighted by Crippen LogP contribution is 2.50. The maximum absolute atomic E-state index is 14.0. The van der Waals surface area contributed by atoms with Gasteiger partial charge in [0.15, 0.2) is 0 Å². The smallest absolute Gasteiger partial charge is 0.136 e. The summed E-state index contributed by atoms with van der Waals surface area (Å²) >= 11 is 0. The molecule has 1 fully saturated rings. The summed E-state index contributed by atoms with van der Waals surface area (Å²) in [6.45, 7) is 2.12. The molecular weight excluding hydrogens is 189 g/mol. The van der Waals surface area contributed by atoms with E-state index >= 15 is 0 Å². The molecule has 0 spiro atoms. The van der Waals surface area contributed by atoms with Gasteiger partial charge in [-0.2, -0.15) is 0 Å². The average Bonchev–Trinajstić information content (AvgIpc) is 2.98. The maximum Gasteiger partial charge on any atom is 0.136 e. The van der Waals surface area contributed by atoms with Crippen LogP contribution < -0.4 is 5.32 Å². The van der Waals surface area contributed by atoms with E-state index in [1.807, 2.05) is 31.3 Å². The predicted octanol–water partition coefficient (Wildman–Crippen LogP) is 2.80. The van der Waals surface area contributed by atoms with Crippen LogP contribution in [0.15, 0.2) is 24.3 Å². The molecule has 1 N–H and O–H groups in total. The Morgan fingerprint density at radius 2 is 2.07 bits per heavy atom. The molecule has 0 amide bonds. The van der Waals surface area contributed by atoms with E-state index in [1.165, 1.54) is 0 Å². The lowest BCUT2D eigenvalue weighted by molar-refractivity contribution is 0.315. The zero-order valence-electron chi connectivity index (χ0n) is 9.39. The van der Waals surface area contributed by atoms with E-state index in [0.29, 0.717) is 18.9 Å². The van der Waals surface area contributed by atoms with Crippen LogP contribution in [-0.4, -0.2) is 13.1 Å². The maximum atomic E-state index is 14.0. The fraction of sp³-hybridized carbons (Fsp3) is 0.538. The van der Waals surface area contributed by atoms with E-state index in [1.54, 1.807) is 0 Å². The van der Waals surface area contributed by atoms with Crippen molar-refractivity contribution in [2.75, 3.05) is 7.05 Å². The van der Waals surface area contributed by atoms with E-state index < -0.39 is 5.67 Å². The molecular formula is C13H18FN. The van der Waals surface area contributed by atoms with Crippen LogP contribution in [0.4, 0.5) is 4.39 Å². The fourth-order valence-electron chi connectivity index (χ4n) is 1.95. The summed E-state index contributed by atoms with van der Waals surface area (Å²) in [5.41, 5.74) is 1.05. The lowest BCUT2D eigenvalue weighted by Gasteiger charge is -2.16. The molecule has 1 aliphatic carbocycles. The second-order valence-electron chi connectivity index (χ2n) is 4.52. The van der Waals surface area contributed by atoms with Crippen LogP contribution in [0.3, 0.4) is 0 Å². The molecule has 0 aromatic heterocycles. The van der Waals surface area contributed by atoms with Crippen molar-refractivity contribution in [3.05, 3.63) is 35.4 Å². The molecule has 82 valence electrons. The normalized spacial score (nSPS) is 19.9. The minimum Gasteiger partial charge on any atom is -0.317 e. The molecule has 0 radical (unpaired) electrons. The van der Waals surface area contributed by atoms with Crippen LogP contribution in [-0.2, 0) is 12.1 Å². The number of rotatable bonds is 4. The molecule has 0 aliphatic heterocycles. The molecule has 1 aromatic carbocycles. The third-order valence-electron chi connectivity index (χ3n) is 3.21. The topological polar surface area (TPSA) is 12.0 Å². The van der Waals surface area contributed by atoms with Gasteiger partial charge in [-0.1, -0.05) is 24.3 Å². The van der Waals surface area contributed by atoms with Gasteiger partial charge in [0.1, 0.15) is 5.67 Å². The Balaban J connectivity index is 2.22. The highest BCUT2D eigenvalue weighted by atomic mass is 19.1. The standard InChI is InChI=1S/C13H18FN/c1-10(15-2)9-11-5-3-4-6-12(11)13(14)7-8-13/h3-6,10,15H,7-9H2,1-2H3. The van der Waals surface area contributed by atoms with Gasteiger partial charge in [-0.3, -0.25) is 0 Å². The summed E-state index contributed by atoms with van der Waals surface area (Å²) in [6.07, 6.45) is 2.29. The van der Waals surface area contributed by atoms with Gasteiger partial charge in [-0.15, -0.1) is 0 Å². The molecule has 2 heteroatoms. The molecule has 1 nitrogen and oxygen atoms in total. The Morgan fingerprint density at radius 1 is 1.40 bits per heavy atom. The lowest BCUT2D eigenvalue weighted by atomic mass is 9.97. The van der Waals surface area contributed by atoms with Gasteiger partial charge in [-0.25, -0.2) is 4.39 Å². The van der Waals surface area contributed by atoms with Crippen LogP contribution >= 0.6 is 0 Å². The minimum absolute atomic E-state index is 0.397. The molecule has 1 saturated carbocycles. The Morgan fingerprint density at radius 3 is 2.67 bits per heavy atom. The zero-order chi connectivity index (χ0) is 10.9. The average molecular weight is 207 g/mol. The second-order valence-corrected chi connectivity index (χ2v) is 4.52. The van der Waals surface area contributed by atoms with E-state index in [4.69, 9.17) is 0 Å². The Kier molecular flexibility index (Phi) is 2.79. The predicted molar refractivity (Wildman–Crippen MR) is 60.7 cm³/mol. The summed E-state index contributed by atoms with van der Waals surface area (Å²) in [4.78, 5) is 0. The van der Waals surface area contributed by atoms with Crippen molar-refractivity contribution in [2.45, 2.75) is 37.9 Å². The summed E-state index contributed by atoms with van der Waals surface area (Å²) in [5, 5.41) is 3.19. The summed E-state index contributed by atoms with van der Waals surface area (Å²) in [5.74, 6) is 0. The van der Waals surface area contributed by atoms with Gasteiger partial charge in [0.25, 0.3) is 0 Å². The zero-order valence-corrected chi connectivity index (χ0v) is 9.39. The number of halogens is 1. The molecule has 1 atom stereocenters. The first kappa shape index (κ1) is 10.6. The first-order valence-corrected chi connectivity index (χ1v) is 5.60. The highest BCUT2D eigenvalue weighted by molar-refractivity contribution is 5.36. The van der Waals surface area contributed by atoms with Crippen molar-refractivity contribution in [3.63, 3.8) is 0 Å². The third kappa shape index (κ3) is 2.20. The van der Waals surface area contributed by atoms with Crippen molar-refractivity contribution in [1.82, 2.24) is 5.32 Å². The van der Waals surface area contributed by atoms with Crippen LogP contribution in [0.25, 0.3) is 0 Å². The van der Waals surface area contributed by atoms with E-state index in [-0.39, 0.29) is 0 Å². The van der Waals surface area contributed by atoms with E-state index in [9.17, 15) is 4.39 Å². The molecule has 1 unspecified atom stereocenters. The van der Waals surface area contributed by atoms with Crippen LogP contribution in [0.1, 0.15) is 30.9 Å². The van der Waals surface area contributed by atoms with Gasteiger partial charge in [-0.05, 0) is 44.4 Å². The minimum atomic E-state index is -1.01. The number of likely N-dealkylation sites (N-methyl/N-ethyl adjacent to an activating group) is 1. The first-order chi connectivity index (χ1) is 7.15. The molecule has 1 aliphatic rings. The second kappa shape index (κ2) is 3.93. The fourth-order valence-corrected chi connectivity index (χ4v) is 1.95. The lowest BCUT2D eigenvalue weighted by Crippen LogP contribution is -2.24. The molecule has 2 rings (SSSR count). The first-order valence-electron chi connectivity index (χ1n) is 5.60. The van der Waals surface area contributed by atoms with E-state index in [0.717, 1.165) is 17.5 Å². The summed E-state index contributed by atoms with van der Waals surface area (Å²) < 4.78 is 14.0. The van der Waals surface area contributed by atoms with Gasteiger partial charge in [0, 0.05) is 6.04 Å². The van der Waals surface area contributed by atoms with E-state index in [2.05, 4.69) is 12.2 Å². The van der Waals surface area contributed by atoms with Crippen molar-refractivity contribution >= 4 is 0 Å². The number of hydrogen-bond acceptors (Lipinski definition) is 1. The monoisotopic (exact) mass is 207 g/mol. The van der Waals surface area contributed by atoms with Crippen molar-refractivity contribution < 1.29 is 4.39 Å². The van der Waals surface area contributed by atoms with Crippen molar-refractivity contribution in [1.29, 1.82) is 0 Å². The van der Waals surface area contributed by atoms with Gasteiger partial charge < -0.3 is 5.32 Å². The largest absolute Gasteiger partial charge is 0.317 e. The SMILES string of the molecule is CNC(C)Cc1ccccc1C1(F)CC1. The van der Waals surface area contributed by atoms with Crippen LogP contribution in [0, 0.1) is 0 Å². The van der Waals surface area contributed by atoms with Crippen molar-refractivity contribution in [2.24, 2.45) is 0 Å². The van der Waals surface area contributed by atoms with Gasteiger partial charge >= 0.3 is 0 Å². The molecule has 15 heavy (non-hydrogen) atoms. The number of benzene rings is 1. The number of hydrogen-bond donors (Lipinski definition) is 1. The number of alkyl halides is 1. The molecule has 0 heterocycles. The molecule has 1 aromatic rings. The third-order valence-corrected chi connectivity index (χ3v) is 3.21. The van der Waals surface area contributed by atoms with Gasteiger partial charge in [0.05, 0.1) is 0 Å². The quantitative estimate of drug-likeness (QED) is 0.800. The Bertz CT molecular complexity index is 344. The highest BCUT2D eigenvalue weighted by Gasteiger charge is 2.46. The van der Waals surface area contributed by atoms with Crippen LogP contribution in [0.2, 0.25) is 0 Å². The Hall–Kier alpha value is -0.890.